The van der Waals surface area contributed by atoms with Gasteiger partial charge in [0.05, 0.1) is 13.2 Å². The second-order valence-corrected chi connectivity index (χ2v) is 8.44. The zero-order chi connectivity index (χ0) is 23.2. The zero-order valence-electron chi connectivity index (χ0n) is 18.2. The highest BCUT2D eigenvalue weighted by Crippen LogP contribution is 2.13. The average Bonchev–Trinajstić information content (AvgIpc) is 2.81. The van der Waals surface area contributed by atoms with E-state index in [4.69, 9.17) is 17.0 Å². The van der Waals surface area contributed by atoms with E-state index in [1.54, 1.807) is 18.7 Å². The highest BCUT2D eigenvalue weighted by atomic mass is 32.2. The second kappa shape index (κ2) is 14.3. The Balaban J connectivity index is 1.85. The van der Waals surface area contributed by atoms with Crippen LogP contribution in [0.5, 0.6) is 0 Å². The number of ether oxygens (including phenoxy) is 2. The summed E-state index contributed by atoms with van der Waals surface area (Å²) in [5.41, 5.74) is 2.12. The van der Waals surface area contributed by atoms with Crippen molar-refractivity contribution in [2.45, 2.75) is 31.4 Å². The third-order valence-corrected chi connectivity index (χ3v) is 5.81. The number of hydrogen-bond acceptors (Lipinski definition) is 6. The highest BCUT2D eigenvalue weighted by molar-refractivity contribution is 7.98. The maximum absolute atomic E-state index is 12.3. The van der Waals surface area contributed by atoms with Crippen molar-refractivity contribution in [2.75, 3.05) is 19.4 Å². The van der Waals surface area contributed by atoms with Gasteiger partial charge in [-0.25, -0.2) is 9.59 Å². The first kappa shape index (κ1) is 25.5. The van der Waals surface area contributed by atoms with Gasteiger partial charge < -0.3 is 25.4 Å². The molecule has 0 unspecified atom stereocenters. The Kier molecular flexibility index (Phi) is 11.4. The molecular formula is C23H29N3O4S2. The fourth-order valence-corrected chi connectivity index (χ4v) is 3.97. The summed E-state index contributed by atoms with van der Waals surface area (Å²) in [5.74, 6) is 1.06. The summed E-state index contributed by atoms with van der Waals surface area (Å²) in [6.07, 6.45) is -0.497. The molecule has 0 saturated carbocycles. The maximum atomic E-state index is 12.3. The minimum atomic E-state index is -0.574. The molecule has 2 aromatic rings. The van der Waals surface area contributed by atoms with Crippen LogP contribution in [0.1, 0.15) is 18.1 Å². The molecule has 0 aliphatic carbocycles. The molecule has 0 aliphatic heterocycles. The van der Waals surface area contributed by atoms with Crippen molar-refractivity contribution >= 4 is 41.2 Å². The first-order valence-corrected chi connectivity index (χ1v) is 11.7. The normalized spacial score (nSPS) is 12.2. The molecule has 0 bridgehead atoms. The molecule has 1 amide bonds. The van der Waals surface area contributed by atoms with E-state index in [1.807, 2.05) is 48.5 Å². The van der Waals surface area contributed by atoms with E-state index in [0.29, 0.717) is 17.4 Å². The molecule has 0 spiro atoms. The Hall–Kier alpha value is -2.78. The largest absolute Gasteiger partial charge is 0.467 e. The smallest absolute Gasteiger partial charge is 0.407 e. The van der Waals surface area contributed by atoms with Gasteiger partial charge in [0.1, 0.15) is 12.6 Å². The van der Waals surface area contributed by atoms with E-state index in [1.165, 1.54) is 12.7 Å². The summed E-state index contributed by atoms with van der Waals surface area (Å²) in [4.78, 5) is 23.9. The van der Waals surface area contributed by atoms with Crippen molar-refractivity contribution in [2.24, 2.45) is 0 Å². The number of nitrogens with one attached hydrogen (secondary N) is 3. The first-order valence-electron chi connectivity index (χ1n) is 10.2. The van der Waals surface area contributed by atoms with Crippen LogP contribution in [0.4, 0.5) is 4.79 Å². The van der Waals surface area contributed by atoms with E-state index in [2.05, 4.69) is 32.8 Å². The van der Waals surface area contributed by atoms with Gasteiger partial charge in [0.15, 0.2) is 5.11 Å². The van der Waals surface area contributed by atoms with Crippen LogP contribution in [0.2, 0.25) is 0 Å². The lowest BCUT2D eigenvalue weighted by Crippen LogP contribution is -2.50. The molecular weight excluding hydrogens is 446 g/mol. The monoisotopic (exact) mass is 475 g/mol. The predicted octanol–water partition coefficient (Wildman–Crippen LogP) is 3.24. The van der Waals surface area contributed by atoms with Gasteiger partial charge in [0.2, 0.25) is 0 Å². The number of methoxy groups -OCH3 is 1. The molecule has 2 aromatic carbocycles. The summed E-state index contributed by atoms with van der Waals surface area (Å²) in [6.45, 7) is 2.23. The number of carbonyl (C=O) groups excluding carboxylic acids is 2. The third kappa shape index (κ3) is 10.0. The van der Waals surface area contributed by atoms with E-state index in [9.17, 15) is 9.59 Å². The van der Waals surface area contributed by atoms with Crippen LogP contribution in [-0.4, -0.2) is 48.7 Å². The minimum Gasteiger partial charge on any atom is -0.467 e. The predicted molar refractivity (Wildman–Crippen MR) is 131 cm³/mol. The molecule has 2 atom stereocenters. The van der Waals surface area contributed by atoms with Crippen molar-refractivity contribution in [1.29, 1.82) is 0 Å². The number of esters is 1. The van der Waals surface area contributed by atoms with Crippen molar-refractivity contribution in [1.82, 2.24) is 16.0 Å². The lowest BCUT2D eigenvalue weighted by molar-refractivity contribution is -0.142. The van der Waals surface area contributed by atoms with Crippen LogP contribution in [0.25, 0.3) is 0 Å². The number of alkyl carbamates (subject to hydrolysis) is 1. The maximum Gasteiger partial charge on any atom is 0.407 e. The van der Waals surface area contributed by atoms with Crippen LogP contribution >= 0.6 is 24.0 Å². The molecule has 3 N–H and O–H groups in total. The van der Waals surface area contributed by atoms with E-state index in [-0.39, 0.29) is 12.6 Å². The standard InChI is InChI=1S/C23H29N3O4S2/c1-17(21(27)29-2)25-22(31)24-13-20(16-32-15-19-11-7-4-8-12-19)26-23(28)30-14-18-9-5-3-6-10-18/h3-12,17,20H,13-16H2,1-2H3,(H,26,28)(H2,24,25,31)/t17-,20+/m0/s1. The van der Waals surface area contributed by atoms with Gasteiger partial charge in [-0.3, -0.25) is 0 Å². The lowest BCUT2D eigenvalue weighted by Gasteiger charge is -2.21. The molecule has 9 heteroatoms. The quantitative estimate of drug-likeness (QED) is 0.337. The summed E-state index contributed by atoms with van der Waals surface area (Å²) in [5, 5.41) is 9.11. The van der Waals surface area contributed by atoms with Crippen molar-refractivity contribution < 1.29 is 19.1 Å². The average molecular weight is 476 g/mol. The van der Waals surface area contributed by atoms with Gasteiger partial charge in [-0.1, -0.05) is 60.7 Å². The third-order valence-electron chi connectivity index (χ3n) is 4.38. The molecule has 0 radical (unpaired) electrons. The fourth-order valence-electron chi connectivity index (χ4n) is 2.68. The van der Waals surface area contributed by atoms with Crippen molar-refractivity contribution in [3.63, 3.8) is 0 Å². The Morgan fingerprint density at radius 3 is 2.25 bits per heavy atom. The Morgan fingerprint density at radius 1 is 1.00 bits per heavy atom. The summed E-state index contributed by atoms with van der Waals surface area (Å²) in [6, 6.07) is 18.8. The van der Waals surface area contributed by atoms with Gasteiger partial charge in [0.25, 0.3) is 0 Å². The van der Waals surface area contributed by atoms with Gasteiger partial charge in [-0.05, 0) is 30.3 Å². The molecule has 0 saturated heterocycles. The van der Waals surface area contributed by atoms with Crippen LogP contribution < -0.4 is 16.0 Å². The number of amides is 1. The number of rotatable bonds is 11. The first-order chi connectivity index (χ1) is 15.5. The van der Waals surface area contributed by atoms with E-state index < -0.39 is 18.1 Å². The topological polar surface area (TPSA) is 88.7 Å². The van der Waals surface area contributed by atoms with Gasteiger partial charge in [0, 0.05) is 18.1 Å². The molecule has 32 heavy (non-hydrogen) atoms. The number of hydrogen-bond donors (Lipinski definition) is 3. The van der Waals surface area contributed by atoms with Crippen LogP contribution in [0.15, 0.2) is 60.7 Å². The molecule has 172 valence electrons. The highest BCUT2D eigenvalue weighted by Gasteiger charge is 2.17. The minimum absolute atomic E-state index is 0.195. The summed E-state index contributed by atoms with van der Waals surface area (Å²) >= 11 is 6.95. The fraction of sp³-hybridized carbons (Fsp3) is 0.348. The molecule has 0 aromatic heterocycles. The van der Waals surface area contributed by atoms with Crippen LogP contribution in [-0.2, 0) is 26.6 Å². The van der Waals surface area contributed by atoms with Gasteiger partial charge >= 0.3 is 12.1 Å². The molecule has 0 heterocycles. The number of thiocarbonyl (C=S) groups is 1. The summed E-state index contributed by atoms with van der Waals surface area (Å²) < 4.78 is 10.0. The van der Waals surface area contributed by atoms with Crippen molar-refractivity contribution in [3.8, 4) is 0 Å². The number of carbonyl (C=O) groups is 2. The van der Waals surface area contributed by atoms with Crippen LogP contribution in [0.3, 0.4) is 0 Å². The summed E-state index contributed by atoms with van der Waals surface area (Å²) in [7, 11) is 1.32. The Bertz CT molecular complexity index is 853. The zero-order valence-corrected chi connectivity index (χ0v) is 19.8. The number of thioether (sulfide) groups is 1. The molecule has 2 rings (SSSR count). The molecule has 7 nitrogen and oxygen atoms in total. The van der Waals surface area contributed by atoms with Gasteiger partial charge in [-0.2, -0.15) is 11.8 Å². The van der Waals surface area contributed by atoms with E-state index >= 15 is 0 Å². The second-order valence-electron chi connectivity index (χ2n) is 7.00. The van der Waals surface area contributed by atoms with Crippen LogP contribution in [0, 0.1) is 0 Å². The van der Waals surface area contributed by atoms with E-state index in [0.717, 1.165) is 11.3 Å². The lowest BCUT2D eigenvalue weighted by atomic mass is 10.2. The van der Waals surface area contributed by atoms with Crippen molar-refractivity contribution in [3.05, 3.63) is 71.8 Å². The Labute approximate surface area is 198 Å². The Morgan fingerprint density at radius 2 is 1.62 bits per heavy atom. The SMILES string of the molecule is COC(=O)[C@H](C)NC(=S)NC[C@H](CSCc1ccccc1)NC(=O)OCc1ccccc1. The molecule has 0 fully saturated rings. The molecule has 0 aliphatic rings. The number of benzene rings is 2. The van der Waals surface area contributed by atoms with Gasteiger partial charge in [-0.15, -0.1) is 0 Å².